The lowest BCUT2D eigenvalue weighted by molar-refractivity contribution is -0.383. The molecule has 0 aliphatic carbocycles. The van der Waals surface area contributed by atoms with Crippen molar-refractivity contribution in [1.29, 1.82) is 0 Å². The highest BCUT2D eigenvalue weighted by Crippen LogP contribution is 2.27. The van der Waals surface area contributed by atoms with Gasteiger partial charge in [-0.05, 0) is 24.1 Å². The molecule has 0 heterocycles. The van der Waals surface area contributed by atoms with E-state index in [0.717, 1.165) is 5.56 Å². The summed E-state index contributed by atoms with van der Waals surface area (Å²) in [6.45, 7) is 0.540. The number of hydrogen-bond acceptors (Lipinski definition) is 4. The molecule has 6 heteroatoms. The molecule has 0 amide bonds. The van der Waals surface area contributed by atoms with E-state index in [0.29, 0.717) is 23.7 Å². The third-order valence-electron chi connectivity index (χ3n) is 3.15. The minimum atomic E-state index is -0.453. The number of halogens is 1. The Hall–Kier alpha value is -2.11. The van der Waals surface area contributed by atoms with Gasteiger partial charge in [-0.25, -0.2) is 0 Å². The number of nitrogens with two attached hydrogens (primary N) is 1. The van der Waals surface area contributed by atoms with Crippen molar-refractivity contribution in [1.82, 2.24) is 0 Å². The third kappa shape index (κ3) is 4.18. The van der Waals surface area contributed by atoms with Gasteiger partial charge in [0.05, 0.1) is 4.92 Å². The second-order valence-corrected chi connectivity index (χ2v) is 5.09. The zero-order valence-corrected chi connectivity index (χ0v) is 12.1. The first-order chi connectivity index (χ1) is 10.1. The molecule has 21 heavy (non-hydrogen) atoms. The van der Waals surface area contributed by atoms with Crippen LogP contribution in [0.3, 0.4) is 0 Å². The molecule has 2 rings (SSSR count). The Morgan fingerprint density at radius 1 is 1.24 bits per heavy atom. The molecule has 0 aliphatic heterocycles. The van der Waals surface area contributed by atoms with Crippen molar-refractivity contribution < 1.29 is 4.92 Å². The van der Waals surface area contributed by atoms with E-state index in [-0.39, 0.29) is 11.7 Å². The number of anilines is 1. The lowest BCUT2D eigenvalue weighted by Crippen LogP contribution is -2.15. The quantitative estimate of drug-likeness (QED) is 0.629. The van der Waals surface area contributed by atoms with Gasteiger partial charge >= 0.3 is 0 Å². The smallest absolute Gasteiger partial charge is 0.293 e. The van der Waals surface area contributed by atoms with Gasteiger partial charge in [0.25, 0.3) is 5.69 Å². The van der Waals surface area contributed by atoms with Crippen LogP contribution in [0.15, 0.2) is 48.5 Å². The molecule has 0 saturated heterocycles. The monoisotopic (exact) mass is 305 g/mol. The maximum Gasteiger partial charge on any atom is 0.293 e. The Kier molecular flexibility index (Phi) is 5.14. The molecule has 0 aliphatic rings. The van der Waals surface area contributed by atoms with Crippen molar-refractivity contribution in [3.63, 3.8) is 0 Å². The summed E-state index contributed by atoms with van der Waals surface area (Å²) in [7, 11) is 0. The van der Waals surface area contributed by atoms with Crippen molar-refractivity contribution in [2.24, 2.45) is 5.73 Å². The van der Waals surface area contributed by atoms with E-state index in [9.17, 15) is 10.1 Å². The molecular weight excluding hydrogens is 290 g/mol. The summed E-state index contributed by atoms with van der Waals surface area (Å²) in [5.74, 6) is 0. The highest BCUT2D eigenvalue weighted by molar-refractivity contribution is 6.30. The summed E-state index contributed by atoms with van der Waals surface area (Å²) in [4.78, 5) is 10.5. The average molecular weight is 306 g/mol. The fraction of sp³-hybridized carbons (Fsp3) is 0.200. The van der Waals surface area contributed by atoms with Crippen LogP contribution in [0.5, 0.6) is 0 Å². The third-order valence-corrected chi connectivity index (χ3v) is 3.39. The summed E-state index contributed by atoms with van der Waals surface area (Å²) in [6.07, 6.45) is 0.670. The van der Waals surface area contributed by atoms with E-state index in [2.05, 4.69) is 5.32 Å². The molecule has 0 aromatic heterocycles. The summed E-state index contributed by atoms with van der Waals surface area (Å²) < 4.78 is 0. The first kappa shape index (κ1) is 15.3. The van der Waals surface area contributed by atoms with Gasteiger partial charge in [-0.15, -0.1) is 0 Å². The van der Waals surface area contributed by atoms with Crippen LogP contribution in [0.1, 0.15) is 18.0 Å². The van der Waals surface area contributed by atoms with Crippen LogP contribution in [0.2, 0.25) is 5.02 Å². The van der Waals surface area contributed by atoms with Crippen LogP contribution >= 0.6 is 11.6 Å². The first-order valence-corrected chi connectivity index (χ1v) is 6.94. The van der Waals surface area contributed by atoms with Crippen molar-refractivity contribution in [2.75, 3.05) is 11.9 Å². The number of benzene rings is 2. The Bertz CT molecular complexity index is 620. The molecule has 110 valence electrons. The van der Waals surface area contributed by atoms with Gasteiger partial charge in [0, 0.05) is 23.7 Å². The van der Waals surface area contributed by atoms with Gasteiger partial charge < -0.3 is 11.1 Å². The van der Waals surface area contributed by atoms with Crippen molar-refractivity contribution >= 4 is 23.0 Å². The van der Waals surface area contributed by atoms with E-state index in [1.54, 1.807) is 12.1 Å². The molecule has 0 radical (unpaired) electrons. The molecular formula is C15H16ClN3O2. The van der Waals surface area contributed by atoms with Gasteiger partial charge in [-0.3, -0.25) is 10.1 Å². The SMILES string of the molecule is NC(CCNc1ccc(Cl)cc1[N+](=O)[O-])c1ccccc1. The lowest BCUT2D eigenvalue weighted by Gasteiger charge is -2.13. The summed E-state index contributed by atoms with van der Waals surface area (Å²) in [5.41, 5.74) is 7.55. The highest BCUT2D eigenvalue weighted by atomic mass is 35.5. The average Bonchev–Trinajstić information content (AvgIpc) is 2.49. The molecule has 1 unspecified atom stereocenters. The zero-order chi connectivity index (χ0) is 15.2. The fourth-order valence-electron chi connectivity index (χ4n) is 2.03. The van der Waals surface area contributed by atoms with Crippen LogP contribution in [-0.2, 0) is 0 Å². The van der Waals surface area contributed by atoms with Crippen molar-refractivity contribution in [3.05, 3.63) is 69.2 Å². The van der Waals surface area contributed by atoms with Crippen LogP contribution in [0.25, 0.3) is 0 Å². The van der Waals surface area contributed by atoms with Crippen LogP contribution in [0.4, 0.5) is 11.4 Å². The lowest BCUT2D eigenvalue weighted by atomic mass is 10.1. The van der Waals surface area contributed by atoms with Gasteiger partial charge in [0.15, 0.2) is 0 Å². The van der Waals surface area contributed by atoms with Crippen LogP contribution in [-0.4, -0.2) is 11.5 Å². The maximum atomic E-state index is 11.0. The van der Waals surface area contributed by atoms with Crippen LogP contribution in [0, 0.1) is 10.1 Å². The highest BCUT2D eigenvalue weighted by Gasteiger charge is 2.14. The summed E-state index contributed by atoms with van der Waals surface area (Å²) in [6, 6.07) is 14.2. The Labute approximate surface area is 127 Å². The minimum absolute atomic E-state index is 0.0317. The number of nitrogens with zero attached hydrogens (tertiary/aromatic N) is 1. The fourth-order valence-corrected chi connectivity index (χ4v) is 2.20. The van der Waals surface area contributed by atoms with Gasteiger partial charge in [-0.1, -0.05) is 41.9 Å². The van der Waals surface area contributed by atoms with E-state index in [4.69, 9.17) is 17.3 Å². The van der Waals surface area contributed by atoms with Crippen LogP contribution < -0.4 is 11.1 Å². The molecule has 0 spiro atoms. The van der Waals surface area contributed by atoms with Crippen molar-refractivity contribution in [2.45, 2.75) is 12.5 Å². The minimum Gasteiger partial charge on any atom is -0.379 e. The molecule has 1 atom stereocenters. The Morgan fingerprint density at radius 3 is 2.62 bits per heavy atom. The Morgan fingerprint density at radius 2 is 1.95 bits per heavy atom. The first-order valence-electron chi connectivity index (χ1n) is 6.56. The number of nitro groups is 1. The number of hydrogen-bond donors (Lipinski definition) is 2. The maximum absolute atomic E-state index is 11.0. The normalized spacial score (nSPS) is 11.9. The molecule has 0 saturated carbocycles. The zero-order valence-electron chi connectivity index (χ0n) is 11.3. The second kappa shape index (κ2) is 7.06. The van der Waals surface area contributed by atoms with Gasteiger partial charge in [0.1, 0.15) is 5.69 Å². The second-order valence-electron chi connectivity index (χ2n) is 4.65. The molecule has 0 bridgehead atoms. The van der Waals surface area contributed by atoms with Crippen molar-refractivity contribution in [3.8, 4) is 0 Å². The molecule has 2 aromatic carbocycles. The van der Waals surface area contributed by atoms with Gasteiger partial charge in [-0.2, -0.15) is 0 Å². The topological polar surface area (TPSA) is 81.2 Å². The number of nitrogens with one attached hydrogen (secondary N) is 1. The van der Waals surface area contributed by atoms with E-state index >= 15 is 0 Å². The number of rotatable bonds is 6. The summed E-state index contributed by atoms with van der Waals surface area (Å²) >= 11 is 5.77. The predicted octanol–water partition coefficient (Wildman–Crippen LogP) is 3.75. The Balaban J connectivity index is 1.96. The molecule has 2 aromatic rings. The molecule has 3 N–H and O–H groups in total. The predicted molar refractivity (Wildman–Crippen MR) is 84.6 cm³/mol. The van der Waals surface area contributed by atoms with E-state index < -0.39 is 4.92 Å². The largest absolute Gasteiger partial charge is 0.379 e. The van der Waals surface area contributed by atoms with E-state index in [1.165, 1.54) is 6.07 Å². The molecule has 5 nitrogen and oxygen atoms in total. The number of nitro benzene ring substituents is 1. The standard InChI is InChI=1S/C15H16ClN3O2/c16-12-6-7-14(15(10-12)19(20)21)18-9-8-13(17)11-4-2-1-3-5-11/h1-7,10,13,18H,8-9,17H2. The van der Waals surface area contributed by atoms with E-state index in [1.807, 2.05) is 30.3 Å². The van der Waals surface area contributed by atoms with Gasteiger partial charge in [0.2, 0.25) is 0 Å². The molecule has 0 fully saturated rings. The summed E-state index contributed by atoms with van der Waals surface area (Å²) in [5, 5.41) is 14.4.